The molecule has 1 rings (SSSR count). The van der Waals surface area contributed by atoms with Crippen LogP contribution in [-0.2, 0) is 19.7 Å². The van der Waals surface area contributed by atoms with E-state index in [4.69, 9.17) is 4.55 Å². The molecule has 0 radical (unpaired) electrons. The van der Waals surface area contributed by atoms with Crippen molar-refractivity contribution in [1.29, 1.82) is 0 Å². The van der Waals surface area contributed by atoms with Gasteiger partial charge in [0.15, 0.2) is 0 Å². The van der Waals surface area contributed by atoms with Gasteiger partial charge in [-0.05, 0) is 0 Å². The van der Waals surface area contributed by atoms with Crippen molar-refractivity contribution in [1.82, 2.24) is 10.2 Å². The Hall–Kier alpha value is -0.590. The van der Waals surface area contributed by atoms with E-state index in [0.29, 0.717) is 0 Å². The van der Waals surface area contributed by atoms with Gasteiger partial charge in [-0.1, -0.05) is 11.3 Å². The summed E-state index contributed by atoms with van der Waals surface area (Å²) in [7, 11) is -4.89. The number of carbonyl (C=O) groups excluding carboxylic acids is 2. The molecule has 1 heterocycles. The second-order valence-electron chi connectivity index (χ2n) is 2.82. The summed E-state index contributed by atoms with van der Waals surface area (Å²) in [6.45, 7) is 0. The van der Waals surface area contributed by atoms with E-state index in [2.05, 4.69) is 15.5 Å². The summed E-state index contributed by atoms with van der Waals surface area (Å²) >= 11 is 0.965. The number of carboxylic acids is 1. The van der Waals surface area contributed by atoms with Gasteiger partial charge in [-0.2, -0.15) is 8.42 Å². The van der Waals surface area contributed by atoms with Gasteiger partial charge in [0, 0.05) is 0 Å². The van der Waals surface area contributed by atoms with Crippen molar-refractivity contribution in [3.8, 4) is 0 Å². The Kier molecular flexibility index (Phi) is 6.88. The van der Waals surface area contributed by atoms with Gasteiger partial charge in [0.25, 0.3) is 10.1 Å². The molecule has 9 nitrogen and oxygen atoms in total. The van der Waals surface area contributed by atoms with Crippen LogP contribution in [0, 0.1) is 0 Å². The smallest absolute Gasteiger partial charge is 0.549 e. The first-order valence-electron chi connectivity index (χ1n) is 4.04. The molecule has 0 aromatic carbocycles. The number of carbonyl (C=O) groups is 2. The van der Waals surface area contributed by atoms with Crippen molar-refractivity contribution in [2.45, 2.75) is 11.7 Å². The van der Waals surface area contributed by atoms with E-state index >= 15 is 0 Å². The molecule has 2 N–H and O–H groups in total. The van der Waals surface area contributed by atoms with E-state index in [-0.39, 0.29) is 34.7 Å². The summed E-state index contributed by atoms with van der Waals surface area (Å²) in [4.78, 5) is 21.7. The molecular formula is C6H6N3NaO6S2. The molecule has 0 spiro atoms. The van der Waals surface area contributed by atoms with Gasteiger partial charge in [-0.25, -0.2) is 0 Å². The van der Waals surface area contributed by atoms with Crippen molar-refractivity contribution in [2.24, 2.45) is 0 Å². The third-order valence-electron chi connectivity index (χ3n) is 1.60. The van der Waals surface area contributed by atoms with Crippen molar-refractivity contribution in [3.63, 3.8) is 0 Å². The molecule has 18 heavy (non-hydrogen) atoms. The van der Waals surface area contributed by atoms with Crippen LogP contribution in [0.25, 0.3) is 0 Å². The maximum absolute atomic E-state index is 11.2. The third-order valence-corrected chi connectivity index (χ3v) is 3.28. The summed E-state index contributed by atoms with van der Waals surface area (Å²) in [6, 6.07) is 0. The molecule has 94 valence electrons. The van der Waals surface area contributed by atoms with Crippen LogP contribution in [0.1, 0.15) is 6.42 Å². The third kappa shape index (κ3) is 5.37. The maximum Gasteiger partial charge on any atom is 1.00 e. The fourth-order valence-electron chi connectivity index (χ4n) is 0.876. The van der Waals surface area contributed by atoms with E-state index in [9.17, 15) is 23.1 Å². The van der Waals surface area contributed by atoms with Crippen molar-refractivity contribution >= 4 is 38.5 Å². The topological polar surface area (TPSA) is 149 Å². The number of aromatic nitrogens is 2. The van der Waals surface area contributed by atoms with E-state index in [1.54, 1.807) is 0 Å². The van der Waals surface area contributed by atoms with Crippen LogP contribution >= 0.6 is 11.3 Å². The predicted molar refractivity (Wildman–Crippen MR) is 53.5 cm³/mol. The number of nitrogens with zero attached hydrogens (tertiary/aromatic N) is 2. The van der Waals surface area contributed by atoms with Gasteiger partial charge in [0.2, 0.25) is 11.0 Å². The zero-order valence-electron chi connectivity index (χ0n) is 9.06. The Bertz CT molecular complexity index is 515. The Morgan fingerprint density at radius 2 is 2.17 bits per heavy atom. The molecule has 12 heteroatoms. The fourth-order valence-corrected chi connectivity index (χ4v) is 1.94. The van der Waals surface area contributed by atoms with Gasteiger partial charge in [-0.3, -0.25) is 9.35 Å². The van der Waals surface area contributed by atoms with Crippen LogP contribution in [0.3, 0.4) is 0 Å². The summed E-state index contributed by atoms with van der Waals surface area (Å²) in [6.07, 6.45) is -0.971. The number of anilines is 1. The molecule has 0 aliphatic heterocycles. The molecule has 1 unspecified atom stereocenters. The molecule has 1 atom stereocenters. The predicted octanol–water partition coefficient (Wildman–Crippen LogP) is -5.12. The summed E-state index contributed by atoms with van der Waals surface area (Å²) < 4.78 is 29.8. The minimum Gasteiger partial charge on any atom is -0.549 e. The van der Waals surface area contributed by atoms with Crippen LogP contribution in [0.15, 0.2) is 5.51 Å². The Balaban J connectivity index is 0.00000289. The summed E-state index contributed by atoms with van der Waals surface area (Å²) in [5, 5.41) is 17.2. The molecule has 1 amide bonds. The number of carboxylic acid groups (broad SMARTS) is 1. The molecule has 0 aliphatic rings. The molecular weight excluding hydrogens is 297 g/mol. The minimum absolute atomic E-state index is 0. The van der Waals surface area contributed by atoms with Crippen LogP contribution in [0.5, 0.6) is 0 Å². The van der Waals surface area contributed by atoms with Crippen molar-refractivity contribution in [3.05, 3.63) is 5.51 Å². The second-order valence-corrected chi connectivity index (χ2v) is 5.25. The zero-order chi connectivity index (χ0) is 13.1. The van der Waals surface area contributed by atoms with E-state index in [1.165, 1.54) is 5.51 Å². The Labute approximate surface area is 128 Å². The number of amides is 1. The van der Waals surface area contributed by atoms with Crippen LogP contribution in [0.4, 0.5) is 5.13 Å². The molecule has 0 bridgehead atoms. The first kappa shape index (κ1) is 17.4. The van der Waals surface area contributed by atoms with Gasteiger partial charge >= 0.3 is 29.6 Å². The largest absolute Gasteiger partial charge is 1.00 e. The Morgan fingerprint density at radius 1 is 1.56 bits per heavy atom. The van der Waals surface area contributed by atoms with Crippen molar-refractivity contribution < 1.29 is 57.2 Å². The average Bonchev–Trinajstić information content (AvgIpc) is 2.64. The van der Waals surface area contributed by atoms with E-state index in [1.807, 2.05) is 0 Å². The van der Waals surface area contributed by atoms with Gasteiger partial charge in [-0.15, -0.1) is 10.2 Å². The quantitative estimate of drug-likeness (QED) is 0.405. The van der Waals surface area contributed by atoms with Gasteiger partial charge in [0.1, 0.15) is 10.8 Å². The van der Waals surface area contributed by atoms with Crippen molar-refractivity contribution in [2.75, 3.05) is 5.32 Å². The van der Waals surface area contributed by atoms with Crippen LogP contribution in [-0.4, -0.2) is 40.3 Å². The number of aliphatic carboxylic acids is 1. The number of hydrogen-bond acceptors (Lipinski definition) is 8. The van der Waals surface area contributed by atoms with Crippen LogP contribution in [0.2, 0.25) is 0 Å². The van der Waals surface area contributed by atoms with Crippen LogP contribution < -0.4 is 40.0 Å². The molecule has 0 fully saturated rings. The monoisotopic (exact) mass is 303 g/mol. The fraction of sp³-hybridized carbons (Fsp3) is 0.333. The second kappa shape index (κ2) is 7.11. The SMILES string of the molecule is O=C(CC(C(=O)[O-])S(=O)(=O)O)Nc1nncs1.[Na+]. The Morgan fingerprint density at radius 3 is 2.56 bits per heavy atom. The maximum atomic E-state index is 11.2. The standard InChI is InChI=1S/C6H7N3O6S2.Na/c10-4(8-6-9-7-2-16-6)1-3(5(11)12)17(13,14)15;/h2-3H,1H2,(H,11,12)(H,8,9,10)(H,13,14,15);/q;+1/p-1. The van der Waals surface area contributed by atoms with E-state index < -0.39 is 33.7 Å². The van der Waals surface area contributed by atoms with Gasteiger partial charge < -0.3 is 15.2 Å². The molecule has 0 saturated heterocycles. The molecule has 0 saturated carbocycles. The minimum atomic E-state index is -4.89. The number of rotatable bonds is 5. The summed E-state index contributed by atoms with van der Waals surface area (Å²) in [5.74, 6) is -2.99. The number of hydrogen-bond donors (Lipinski definition) is 2. The normalized spacial score (nSPS) is 12.3. The molecule has 1 aromatic heterocycles. The average molecular weight is 303 g/mol. The van der Waals surface area contributed by atoms with Gasteiger partial charge in [0.05, 0.1) is 12.4 Å². The first-order chi connectivity index (χ1) is 7.80. The zero-order valence-corrected chi connectivity index (χ0v) is 12.7. The summed E-state index contributed by atoms with van der Waals surface area (Å²) in [5.41, 5.74) is 1.31. The molecule has 0 aliphatic carbocycles. The first-order valence-corrected chi connectivity index (χ1v) is 6.42. The number of nitrogens with one attached hydrogen (secondary N) is 1. The van der Waals surface area contributed by atoms with E-state index in [0.717, 1.165) is 11.3 Å². The molecule has 1 aromatic rings.